The summed E-state index contributed by atoms with van der Waals surface area (Å²) >= 11 is 0. The van der Waals surface area contributed by atoms with E-state index in [2.05, 4.69) is 0 Å². The highest BCUT2D eigenvalue weighted by atomic mass is 19.1. The van der Waals surface area contributed by atoms with Crippen LogP contribution in [0, 0.1) is 11.6 Å². The normalized spacial score (nSPS) is 10.4. The molecule has 21 heavy (non-hydrogen) atoms. The average Bonchev–Trinajstić information content (AvgIpc) is 2.45. The van der Waals surface area contributed by atoms with Gasteiger partial charge in [0.25, 0.3) is 0 Å². The van der Waals surface area contributed by atoms with Crippen LogP contribution in [0.25, 0.3) is 0 Å². The molecule has 2 N–H and O–H groups in total. The van der Waals surface area contributed by atoms with Crippen molar-refractivity contribution in [3.8, 4) is 0 Å². The van der Waals surface area contributed by atoms with E-state index in [1.165, 1.54) is 11.0 Å². The van der Waals surface area contributed by atoms with E-state index in [0.29, 0.717) is 17.9 Å². The lowest BCUT2D eigenvalue weighted by atomic mass is 10.1. The van der Waals surface area contributed by atoms with Crippen molar-refractivity contribution in [3.63, 3.8) is 0 Å². The van der Waals surface area contributed by atoms with Crippen LogP contribution >= 0.6 is 0 Å². The summed E-state index contributed by atoms with van der Waals surface area (Å²) in [7, 11) is 0. The Morgan fingerprint density at radius 1 is 1.19 bits per heavy atom. The molecule has 0 bridgehead atoms. The van der Waals surface area contributed by atoms with E-state index in [1.807, 2.05) is 6.92 Å². The number of amides is 1. The zero-order valence-corrected chi connectivity index (χ0v) is 11.6. The summed E-state index contributed by atoms with van der Waals surface area (Å²) in [6.45, 7) is 2.22. The molecule has 3 nitrogen and oxygen atoms in total. The first-order chi connectivity index (χ1) is 10.0. The fraction of sp³-hybridized carbons (Fsp3) is 0.188. The van der Waals surface area contributed by atoms with E-state index in [1.54, 1.807) is 24.3 Å². The van der Waals surface area contributed by atoms with Crippen molar-refractivity contribution in [1.82, 2.24) is 0 Å². The molecule has 2 aromatic carbocycles. The molecule has 0 atom stereocenters. The smallest absolute Gasteiger partial charge is 0.231 e. The third kappa shape index (κ3) is 3.37. The van der Waals surface area contributed by atoms with Crippen molar-refractivity contribution >= 4 is 17.3 Å². The fourth-order valence-corrected chi connectivity index (χ4v) is 2.14. The van der Waals surface area contributed by atoms with Crippen LogP contribution in [0.3, 0.4) is 0 Å². The molecule has 0 radical (unpaired) electrons. The minimum absolute atomic E-state index is 0.145. The fourth-order valence-electron chi connectivity index (χ4n) is 2.14. The van der Waals surface area contributed by atoms with Crippen LogP contribution in [-0.4, -0.2) is 12.5 Å². The minimum Gasteiger partial charge on any atom is -0.397 e. The highest BCUT2D eigenvalue weighted by molar-refractivity contribution is 5.97. The number of para-hydroxylation sites is 2. The molecule has 5 heteroatoms. The van der Waals surface area contributed by atoms with Crippen molar-refractivity contribution in [2.24, 2.45) is 0 Å². The molecular formula is C16H16F2N2O. The number of hydrogen-bond acceptors (Lipinski definition) is 2. The van der Waals surface area contributed by atoms with Crippen molar-refractivity contribution in [2.45, 2.75) is 13.3 Å². The number of carbonyl (C=O) groups excluding carboxylic acids is 1. The second-order valence-electron chi connectivity index (χ2n) is 4.61. The molecular weight excluding hydrogens is 274 g/mol. The monoisotopic (exact) mass is 290 g/mol. The highest BCUT2D eigenvalue weighted by Gasteiger charge is 2.18. The summed E-state index contributed by atoms with van der Waals surface area (Å²) in [4.78, 5) is 13.8. The average molecular weight is 290 g/mol. The molecule has 0 aromatic heterocycles. The quantitative estimate of drug-likeness (QED) is 0.879. The van der Waals surface area contributed by atoms with Gasteiger partial charge in [-0.2, -0.15) is 0 Å². The number of nitrogens with two attached hydrogens (primary N) is 1. The van der Waals surface area contributed by atoms with Crippen molar-refractivity contribution in [1.29, 1.82) is 0 Å². The number of rotatable bonds is 4. The van der Waals surface area contributed by atoms with Gasteiger partial charge in [0.05, 0.1) is 17.8 Å². The molecule has 0 saturated carbocycles. The standard InChI is InChI=1S/C16H16F2N2O/c1-2-20(15-6-4-3-5-14(15)19)16(21)9-11-7-8-12(17)10-13(11)18/h3-8,10H,2,9,19H2,1H3. The molecule has 110 valence electrons. The Bertz CT molecular complexity index is 658. The van der Waals surface area contributed by atoms with E-state index in [-0.39, 0.29) is 17.9 Å². The van der Waals surface area contributed by atoms with Crippen LogP contribution in [0.1, 0.15) is 12.5 Å². The molecule has 1 amide bonds. The summed E-state index contributed by atoms with van der Waals surface area (Å²) in [6.07, 6.45) is -0.145. The number of carbonyl (C=O) groups is 1. The van der Waals surface area contributed by atoms with Crippen molar-refractivity contribution < 1.29 is 13.6 Å². The maximum Gasteiger partial charge on any atom is 0.231 e. The van der Waals surface area contributed by atoms with Crippen LogP contribution in [0.2, 0.25) is 0 Å². The number of nitrogen functional groups attached to an aromatic ring is 1. The largest absolute Gasteiger partial charge is 0.397 e. The Morgan fingerprint density at radius 3 is 2.52 bits per heavy atom. The molecule has 2 rings (SSSR count). The third-order valence-corrected chi connectivity index (χ3v) is 3.20. The molecule has 0 fully saturated rings. The van der Waals surface area contributed by atoms with E-state index in [0.717, 1.165) is 12.1 Å². The number of benzene rings is 2. The lowest BCUT2D eigenvalue weighted by molar-refractivity contribution is -0.118. The molecule has 0 aliphatic rings. The molecule has 0 heterocycles. The van der Waals surface area contributed by atoms with Gasteiger partial charge in [0.1, 0.15) is 11.6 Å². The first kappa shape index (κ1) is 15.0. The first-order valence-electron chi connectivity index (χ1n) is 6.61. The zero-order chi connectivity index (χ0) is 15.4. The minimum atomic E-state index is -0.722. The lowest BCUT2D eigenvalue weighted by Crippen LogP contribution is -2.32. The van der Waals surface area contributed by atoms with Crippen molar-refractivity contribution in [3.05, 3.63) is 59.7 Å². The van der Waals surface area contributed by atoms with E-state index < -0.39 is 11.6 Å². The predicted octanol–water partition coefficient (Wildman–Crippen LogP) is 3.14. The van der Waals surface area contributed by atoms with Gasteiger partial charge < -0.3 is 10.6 Å². The number of hydrogen-bond donors (Lipinski definition) is 1. The second-order valence-corrected chi connectivity index (χ2v) is 4.61. The van der Waals surface area contributed by atoms with Gasteiger partial charge in [0.2, 0.25) is 5.91 Å². The molecule has 0 aliphatic carbocycles. The third-order valence-electron chi connectivity index (χ3n) is 3.20. The van der Waals surface area contributed by atoms with Crippen LogP contribution < -0.4 is 10.6 Å². The topological polar surface area (TPSA) is 46.3 Å². The van der Waals surface area contributed by atoms with Gasteiger partial charge in [-0.25, -0.2) is 8.78 Å². The summed E-state index contributed by atoms with van der Waals surface area (Å²) in [5.41, 5.74) is 7.09. The number of nitrogens with zero attached hydrogens (tertiary/aromatic N) is 1. The second kappa shape index (κ2) is 6.35. The number of halogens is 2. The van der Waals surface area contributed by atoms with E-state index in [4.69, 9.17) is 5.73 Å². The molecule has 2 aromatic rings. The predicted molar refractivity (Wildman–Crippen MR) is 78.9 cm³/mol. The Kier molecular flexibility index (Phi) is 4.52. The zero-order valence-electron chi connectivity index (χ0n) is 11.6. The van der Waals surface area contributed by atoms with Crippen molar-refractivity contribution in [2.75, 3.05) is 17.2 Å². The van der Waals surface area contributed by atoms with E-state index in [9.17, 15) is 13.6 Å². The Morgan fingerprint density at radius 2 is 1.90 bits per heavy atom. The van der Waals surface area contributed by atoms with Crippen LogP contribution in [-0.2, 0) is 11.2 Å². The summed E-state index contributed by atoms with van der Waals surface area (Å²) in [5, 5.41) is 0. The Labute approximate surface area is 122 Å². The highest BCUT2D eigenvalue weighted by Crippen LogP contribution is 2.23. The maximum atomic E-state index is 13.6. The first-order valence-corrected chi connectivity index (χ1v) is 6.61. The Hall–Kier alpha value is -2.43. The molecule has 0 spiro atoms. The number of anilines is 2. The van der Waals surface area contributed by atoms with Crippen LogP contribution in [0.5, 0.6) is 0 Å². The van der Waals surface area contributed by atoms with Crippen LogP contribution in [0.4, 0.5) is 20.2 Å². The van der Waals surface area contributed by atoms with Gasteiger partial charge in [-0.05, 0) is 30.7 Å². The van der Waals surface area contributed by atoms with Gasteiger partial charge >= 0.3 is 0 Å². The van der Waals surface area contributed by atoms with E-state index >= 15 is 0 Å². The summed E-state index contributed by atoms with van der Waals surface area (Å²) in [6, 6.07) is 10.2. The SMILES string of the molecule is CCN(C(=O)Cc1ccc(F)cc1F)c1ccccc1N. The molecule has 0 saturated heterocycles. The maximum absolute atomic E-state index is 13.6. The molecule has 0 unspecified atom stereocenters. The Balaban J connectivity index is 2.23. The van der Waals surface area contributed by atoms with Gasteiger partial charge in [-0.1, -0.05) is 18.2 Å². The lowest BCUT2D eigenvalue weighted by Gasteiger charge is -2.22. The van der Waals surface area contributed by atoms with Gasteiger partial charge in [0, 0.05) is 12.6 Å². The van der Waals surface area contributed by atoms with Gasteiger partial charge in [0.15, 0.2) is 0 Å². The number of likely N-dealkylation sites (N-methyl/N-ethyl adjacent to an activating group) is 1. The summed E-state index contributed by atoms with van der Waals surface area (Å²) in [5.74, 6) is -1.68. The van der Waals surface area contributed by atoms with Gasteiger partial charge in [-0.15, -0.1) is 0 Å². The molecule has 0 aliphatic heterocycles. The van der Waals surface area contributed by atoms with Crippen LogP contribution in [0.15, 0.2) is 42.5 Å². The summed E-state index contributed by atoms with van der Waals surface area (Å²) < 4.78 is 26.5. The van der Waals surface area contributed by atoms with Gasteiger partial charge in [-0.3, -0.25) is 4.79 Å².